The van der Waals surface area contributed by atoms with Crippen molar-refractivity contribution < 1.29 is 9.18 Å². The summed E-state index contributed by atoms with van der Waals surface area (Å²) in [4.78, 5) is 17.0. The van der Waals surface area contributed by atoms with Gasteiger partial charge in [-0.3, -0.25) is 9.48 Å². The third kappa shape index (κ3) is 3.83. The highest BCUT2D eigenvalue weighted by Gasteiger charge is 2.22. The summed E-state index contributed by atoms with van der Waals surface area (Å²) >= 11 is 0. The quantitative estimate of drug-likeness (QED) is 0.600. The maximum absolute atomic E-state index is 14.9. The van der Waals surface area contributed by atoms with Crippen LogP contribution in [0.5, 0.6) is 0 Å². The van der Waals surface area contributed by atoms with Crippen molar-refractivity contribution in [3.8, 4) is 11.1 Å². The van der Waals surface area contributed by atoms with Gasteiger partial charge in [-0.2, -0.15) is 5.10 Å². The van der Waals surface area contributed by atoms with E-state index >= 15 is 0 Å². The summed E-state index contributed by atoms with van der Waals surface area (Å²) in [5.41, 5.74) is 3.96. The number of aromatic nitrogens is 3. The van der Waals surface area contributed by atoms with Crippen molar-refractivity contribution in [1.82, 2.24) is 14.8 Å². The maximum atomic E-state index is 14.9. The van der Waals surface area contributed by atoms with Gasteiger partial charge in [0, 0.05) is 30.2 Å². The van der Waals surface area contributed by atoms with E-state index in [0.717, 1.165) is 53.5 Å². The number of hydrogen-bond donors (Lipinski definition) is 1. The van der Waals surface area contributed by atoms with E-state index in [0.29, 0.717) is 11.3 Å². The van der Waals surface area contributed by atoms with Gasteiger partial charge in [-0.1, -0.05) is 33.1 Å². The van der Waals surface area contributed by atoms with Crippen LogP contribution in [0.1, 0.15) is 63.1 Å². The summed E-state index contributed by atoms with van der Waals surface area (Å²) in [6, 6.07) is 5.37. The lowest BCUT2D eigenvalue weighted by Crippen LogP contribution is -2.25. The number of hydrogen-bond acceptors (Lipinski definition) is 3. The van der Waals surface area contributed by atoms with Crippen molar-refractivity contribution in [1.29, 1.82) is 0 Å². The Labute approximate surface area is 176 Å². The number of nitrogens with zero attached hydrogens (tertiary/aromatic N) is 3. The SMILES string of the molecule is Cc1cnc(NC(=O)C2CCCCC2)cc1-c1cc(F)c2nn(C)c(C(C)C)c2c1. The lowest BCUT2D eigenvalue weighted by Gasteiger charge is -2.20. The minimum Gasteiger partial charge on any atom is -0.310 e. The zero-order chi connectivity index (χ0) is 21.4. The summed E-state index contributed by atoms with van der Waals surface area (Å²) in [6.07, 6.45) is 7.02. The van der Waals surface area contributed by atoms with Crippen LogP contribution in [0.3, 0.4) is 0 Å². The number of rotatable bonds is 4. The van der Waals surface area contributed by atoms with Crippen molar-refractivity contribution in [2.45, 2.75) is 58.8 Å². The number of pyridine rings is 1. The van der Waals surface area contributed by atoms with Gasteiger partial charge in [-0.15, -0.1) is 0 Å². The molecule has 6 heteroatoms. The molecule has 3 aromatic rings. The van der Waals surface area contributed by atoms with E-state index in [4.69, 9.17) is 0 Å². The molecule has 2 heterocycles. The molecule has 0 saturated heterocycles. The first-order valence-corrected chi connectivity index (χ1v) is 10.8. The molecule has 5 nitrogen and oxygen atoms in total. The number of carbonyl (C=O) groups is 1. The number of halogens is 1. The number of anilines is 1. The minimum absolute atomic E-state index is 0.0352. The molecule has 1 amide bonds. The normalized spacial score (nSPS) is 15.1. The number of carbonyl (C=O) groups excluding carboxylic acids is 1. The highest BCUT2D eigenvalue weighted by Crippen LogP contribution is 2.34. The smallest absolute Gasteiger partial charge is 0.228 e. The molecule has 0 radical (unpaired) electrons. The molecule has 0 aliphatic heterocycles. The van der Waals surface area contributed by atoms with E-state index < -0.39 is 0 Å². The molecule has 0 atom stereocenters. The molecular weight excluding hydrogens is 379 g/mol. The van der Waals surface area contributed by atoms with Crippen molar-refractivity contribution in [3.63, 3.8) is 0 Å². The molecule has 1 aliphatic carbocycles. The summed E-state index contributed by atoms with van der Waals surface area (Å²) in [6.45, 7) is 6.11. The van der Waals surface area contributed by atoms with Gasteiger partial charge in [-0.25, -0.2) is 9.37 Å². The Morgan fingerprint density at radius 2 is 1.93 bits per heavy atom. The highest BCUT2D eigenvalue weighted by atomic mass is 19.1. The highest BCUT2D eigenvalue weighted by molar-refractivity contribution is 5.93. The number of fused-ring (bicyclic) bond motifs is 1. The van der Waals surface area contributed by atoms with Crippen molar-refractivity contribution >= 4 is 22.6 Å². The molecule has 1 aliphatic rings. The first-order valence-electron chi connectivity index (χ1n) is 10.8. The van der Waals surface area contributed by atoms with Gasteiger partial charge >= 0.3 is 0 Å². The van der Waals surface area contributed by atoms with Crippen LogP contribution in [0.2, 0.25) is 0 Å². The van der Waals surface area contributed by atoms with Crippen molar-refractivity contribution in [2.75, 3.05) is 5.32 Å². The van der Waals surface area contributed by atoms with Crippen LogP contribution in [0, 0.1) is 18.7 Å². The Balaban J connectivity index is 1.71. The predicted octanol–water partition coefficient (Wildman–Crippen LogP) is 5.73. The molecule has 2 aromatic heterocycles. The topological polar surface area (TPSA) is 59.8 Å². The Kier molecular flexibility index (Phi) is 5.58. The predicted molar refractivity (Wildman–Crippen MR) is 118 cm³/mol. The monoisotopic (exact) mass is 408 g/mol. The summed E-state index contributed by atoms with van der Waals surface area (Å²) < 4.78 is 16.7. The van der Waals surface area contributed by atoms with Gasteiger partial charge in [-0.05, 0) is 60.6 Å². The first kappa shape index (κ1) is 20.5. The number of amides is 1. The fourth-order valence-electron chi connectivity index (χ4n) is 4.61. The van der Waals surface area contributed by atoms with E-state index in [1.807, 2.05) is 26.1 Å². The largest absolute Gasteiger partial charge is 0.310 e. The number of nitrogens with one attached hydrogen (secondary N) is 1. The fourth-order valence-corrected chi connectivity index (χ4v) is 4.61. The van der Waals surface area contributed by atoms with Crippen LogP contribution in [-0.4, -0.2) is 20.7 Å². The van der Waals surface area contributed by atoms with Crippen LogP contribution in [-0.2, 0) is 11.8 Å². The number of aryl methyl sites for hydroxylation is 2. The average Bonchev–Trinajstić information content (AvgIpc) is 3.06. The molecule has 1 saturated carbocycles. The Hall–Kier alpha value is -2.76. The summed E-state index contributed by atoms with van der Waals surface area (Å²) in [7, 11) is 1.85. The van der Waals surface area contributed by atoms with Gasteiger partial charge in [0.1, 0.15) is 11.3 Å². The Morgan fingerprint density at radius 1 is 1.20 bits per heavy atom. The Bertz CT molecular complexity index is 1100. The van der Waals surface area contributed by atoms with Gasteiger partial charge in [0.05, 0.1) is 0 Å². The first-order chi connectivity index (χ1) is 14.3. The summed E-state index contributed by atoms with van der Waals surface area (Å²) in [5, 5.41) is 8.17. The van der Waals surface area contributed by atoms with Gasteiger partial charge in [0.15, 0.2) is 5.82 Å². The van der Waals surface area contributed by atoms with Crippen LogP contribution < -0.4 is 5.32 Å². The molecule has 0 unspecified atom stereocenters. The molecule has 30 heavy (non-hydrogen) atoms. The van der Waals surface area contributed by atoms with E-state index in [1.54, 1.807) is 10.9 Å². The molecule has 158 valence electrons. The molecule has 0 spiro atoms. The van der Waals surface area contributed by atoms with Crippen LogP contribution in [0.25, 0.3) is 22.0 Å². The molecule has 1 aromatic carbocycles. The van der Waals surface area contributed by atoms with Gasteiger partial charge in [0.25, 0.3) is 0 Å². The second-order valence-corrected chi connectivity index (χ2v) is 8.73. The van der Waals surface area contributed by atoms with Crippen LogP contribution in [0.4, 0.5) is 10.2 Å². The van der Waals surface area contributed by atoms with Crippen molar-refractivity contribution in [2.24, 2.45) is 13.0 Å². The zero-order valence-corrected chi connectivity index (χ0v) is 18.1. The molecule has 4 rings (SSSR count). The van der Waals surface area contributed by atoms with E-state index in [1.165, 1.54) is 12.5 Å². The lowest BCUT2D eigenvalue weighted by molar-refractivity contribution is -0.120. The number of benzene rings is 1. The Morgan fingerprint density at radius 3 is 2.63 bits per heavy atom. The average molecular weight is 409 g/mol. The summed E-state index contributed by atoms with van der Waals surface area (Å²) in [5.74, 6) is 0.491. The third-order valence-corrected chi connectivity index (χ3v) is 6.13. The van der Waals surface area contributed by atoms with Crippen LogP contribution >= 0.6 is 0 Å². The molecule has 0 bridgehead atoms. The molecule has 1 N–H and O–H groups in total. The second-order valence-electron chi connectivity index (χ2n) is 8.73. The molecular formula is C24H29FN4O. The van der Waals surface area contributed by atoms with E-state index in [9.17, 15) is 9.18 Å². The van der Waals surface area contributed by atoms with Gasteiger partial charge < -0.3 is 5.32 Å². The molecule has 1 fully saturated rings. The minimum atomic E-state index is -0.339. The van der Waals surface area contributed by atoms with E-state index in [2.05, 4.69) is 29.2 Å². The van der Waals surface area contributed by atoms with Gasteiger partial charge in [0.2, 0.25) is 5.91 Å². The fraction of sp³-hybridized carbons (Fsp3) is 0.458. The van der Waals surface area contributed by atoms with Crippen molar-refractivity contribution in [3.05, 3.63) is 41.5 Å². The maximum Gasteiger partial charge on any atom is 0.228 e. The third-order valence-electron chi connectivity index (χ3n) is 6.13. The lowest BCUT2D eigenvalue weighted by atomic mass is 9.88. The zero-order valence-electron chi connectivity index (χ0n) is 18.1. The second kappa shape index (κ2) is 8.17. The van der Waals surface area contributed by atoms with E-state index in [-0.39, 0.29) is 23.6 Å². The standard InChI is InChI=1S/C24H29FN4O/c1-14(2)23-19-10-17(11-20(25)22(19)28-29(23)4)18-12-21(26-13-15(18)3)27-24(30)16-8-6-5-7-9-16/h10-14,16H,5-9H2,1-4H3,(H,26,27,30). The van der Waals surface area contributed by atoms with Crippen LogP contribution in [0.15, 0.2) is 24.4 Å².